The maximum atomic E-state index is 12.8. The van der Waals surface area contributed by atoms with Gasteiger partial charge in [0.2, 0.25) is 10.0 Å². The van der Waals surface area contributed by atoms with Crippen LogP contribution in [0.5, 0.6) is 0 Å². The molecular weight excluding hydrogens is 304 g/mol. The molecule has 1 fully saturated rings. The van der Waals surface area contributed by atoms with Crippen molar-refractivity contribution in [2.24, 2.45) is 5.73 Å². The van der Waals surface area contributed by atoms with Crippen molar-refractivity contribution in [3.05, 3.63) is 29.8 Å². The second kappa shape index (κ2) is 6.42. The van der Waals surface area contributed by atoms with E-state index in [0.717, 1.165) is 24.8 Å². The lowest BCUT2D eigenvalue weighted by Gasteiger charge is -2.37. The summed E-state index contributed by atoms with van der Waals surface area (Å²) in [6.07, 6.45) is 3.42. The van der Waals surface area contributed by atoms with Gasteiger partial charge in [-0.3, -0.25) is 0 Å². The van der Waals surface area contributed by atoms with Gasteiger partial charge in [0, 0.05) is 18.5 Å². The Bertz CT molecular complexity index is 601. The molecule has 21 heavy (non-hydrogen) atoms. The van der Waals surface area contributed by atoms with Gasteiger partial charge in [-0.1, -0.05) is 30.8 Å². The Kier molecular flexibility index (Phi) is 5.01. The molecule has 2 unspecified atom stereocenters. The number of hydrogen-bond donors (Lipinski definition) is 1. The Morgan fingerprint density at radius 1 is 1.24 bits per heavy atom. The van der Waals surface area contributed by atoms with Gasteiger partial charge >= 0.3 is 0 Å². The molecule has 0 aliphatic carbocycles. The van der Waals surface area contributed by atoms with Crippen LogP contribution in [-0.4, -0.2) is 29.8 Å². The summed E-state index contributed by atoms with van der Waals surface area (Å²) < 4.78 is 27.3. The number of sulfonamides is 1. The summed E-state index contributed by atoms with van der Waals surface area (Å²) in [7, 11) is -3.44. The van der Waals surface area contributed by atoms with E-state index < -0.39 is 10.0 Å². The Morgan fingerprint density at radius 3 is 2.24 bits per heavy atom. The van der Waals surface area contributed by atoms with Crippen molar-refractivity contribution in [2.75, 3.05) is 0 Å². The molecule has 1 aromatic carbocycles. The van der Waals surface area contributed by atoms with E-state index in [2.05, 4.69) is 0 Å². The van der Waals surface area contributed by atoms with Crippen LogP contribution in [0.15, 0.2) is 29.2 Å². The van der Waals surface area contributed by atoms with E-state index in [0.29, 0.717) is 16.3 Å². The fourth-order valence-electron chi connectivity index (χ4n) is 2.97. The smallest absolute Gasteiger partial charge is 0.243 e. The van der Waals surface area contributed by atoms with Crippen LogP contribution in [0.3, 0.4) is 0 Å². The van der Waals surface area contributed by atoms with Crippen LogP contribution < -0.4 is 5.73 Å². The second-order valence-corrected chi connectivity index (χ2v) is 8.12. The monoisotopic (exact) mass is 326 g/mol. The van der Waals surface area contributed by atoms with Crippen molar-refractivity contribution in [3.63, 3.8) is 0 Å². The van der Waals surface area contributed by atoms with E-state index in [1.54, 1.807) is 28.6 Å². The molecule has 116 valence electrons. The van der Waals surface area contributed by atoms with Crippen LogP contribution in [0.25, 0.3) is 0 Å². The van der Waals surface area contributed by atoms with Gasteiger partial charge in [0.25, 0.3) is 0 Å². The number of piperidine rings is 1. The molecule has 2 N–H and O–H groups in total. The zero-order chi connectivity index (χ0) is 15.6. The van der Waals surface area contributed by atoms with Crippen molar-refractivity contribution >= 4 is 27.2 Å². The number of hydrogen-bond acceptors (Lipinski definition) is 3. The molecule has 0 amide bonds. The highest BCUT2D eigenvalue weighted by Crippen LogP contribution is 2.29. The van der Waals surface area contributed by atoms with Crippen LogP contribution in [-0.2, 0) is 16.4 Å². The minimum absolute atomic E-state index is 0.0510. The van der Waals surface area contributed by atoms with Crippen LogP contribution >= 0.6 is 12.2 Å². The van der Waals surface area contributed by atoms with Gasteiger partial charge in [-0.25, -0.2) is 8.42 Å². The molecule has 1 aromatic rings. The van der Waals surface area contributed by atoms with Crippen LogP contribution in [0, 0.1) is 0 Å². The first-order valence-corrected chi connectivity index (χ1v) is 9.08. The highest BCUT2D eigenvalue weighted by molar-refractivity contribution is 7.89. The van der Waals surface area contributed by atoms with E-state index in [9.17, 15) is 8.42 Å². The summed E-state index contributed by atoms with van der Waals surface area (Å²) in [6.45, 7) is 3.96. The summed E-state index contributed by atoms with van der Waals surface area (Å²) >= 11 is 4.87. The van der Waals surface area contributed by atoms with Crippen LogP contribution in [0.2, 0.25) is 0 Å². The Hall–Kier alpha value is -0.980. The fraction of sp³-hybridized carbons (Fsp3) is 0.533. The summed E-state index contributed by atoms with van der Waals surface area (Å²) in [5, 5.41) is 0. The standard InChI is InChI=1S/C15H22N2O2S2/c1-11-4-3-5-12(2)17(11)21(18,19)14-8-6-13(7-9-14)10-15(16)20/h6-9,11-12H,3-5,10H2,1-2H3,(H2,16,20). The Labute approximate surface area is 132 Å². The predicted molar refractivity (Wildman–Crippen MR) is 88.7 cm³/mol. The second-order valence-electron chi connectivity index (χ2n) is 5.75. The maximum absolute atomic E-state index is 12.8. The first kappa shape index (κ1) is 16.4. The minimum atomic E-state index is -3.44. The van der Waals surface area contributed by atoms with Gasteiger partial charge in [-0.15, -0.1) is 0 Å². The molecule has 6 heteroatoms. The lowest BCUT2D eigenvalue weighted by Crippen LogP contribution is -2.47. The largest absolute Gasteiger partial charge is 0.393 e. The quantitative estimate of drug-likeness (QED) is 0.863. The van der Waals surface area contributed by atoms with Gasteiger partial charge in [-0.05, 0) is 44.4 Å². The zero-order valence-electron chi connectivity index (χ0n) is 12.5. The van der Waals surface area contributed by atoms with Gasteiger partial charge in [0.05, 0.1) is 9.88 Å². The van der Waals surface area contributed by atoms with E-state index in [-0.39, 0.29) is 12.1 Å². The number of rotatable bonds is 4. The minimum Gasteiger partial charge on any atom is -0.393 e. The molecule has 1 saturated heterocycles. The average molecular weight is 326 g/mol. The van der Waals surface area contributed by atoms with Crippen molar-refractivity contribution in [1.29, 1.82) is 0 Å². The molecule has 4 nitrogen and oxygen atoms in total. The Morgan fingerprint density at radius 2 is 1.76 bits per heavy atom. The molecule has 0 aromatic heterocycles. The third-order valence-corrected chi connectivity index (χ3v) is 6.28. The van der Waals surface area contributed by atoms with E-state index >= 15 is 0 Å². The van der Waals surface area contributed by atoms with Gasteiger partial charge in [-0.2, -0.15) is 4.31 Å². The summed E-state index contributed by atoms with van der Waals surface area (Å²) in [5.74, 6) is 0. The van der Waals surface area contributed by atoms with E-state index in [1.807, 2.05) is 13.8 Å². The van der Waals surface area contributed by atoms with Crippen LogP contribution in [0.1, 0.15) is 38.7 Å². The molecular formula is C15H22N2O2S2. The maximum Gasteiger partial charge on any atom is 0.243 e. The zero-order valence-corrected chi connectivity index (χ0v) is 14.1. The molecule has 0 radical (unpaired) electrons. The lowest BCUT2D eigenvalue weighted by molar-refractivity contribution is 0.204. The van der Waals surface area contributed by atoms with Gasteiger partial charge in [0.1, 0.15) is 0 Å². The molecule has 2 rings (SSSR count). The molecule has 0 saturated carbocycles. The first-order valence-electron chi connectivity index (χ1n) is 7.23. The fourth-order valence-corrected chi connectivity index (χ4v) is 5.02. The van der Waals surface area contributed by atoms with Crippen molar-refractivity contribution in [2.45, 2.75) is 56.5 Å². The van der Waals surface area contributed by atoms with Gasteiger partial charge < -0.3 is 5.73 Å². The number of nitrogens with zero attached hydrogens (tertiary/aromatic N) is 1. The van der Waals surface area contributed by atoms with Crippen molar-refractivity contribution < 1.29 is 8.42 Å². The molecule has 2 atom stereocenters. The normalized spacial score (nSPS) is 23.9. The molecule has 1 heterocycles. The third-order valence-electron chi connectivity index (χ3n) is 3.99. The summed E-state index contributed by atoms with van der Waals surface area (Å²) in [6, 6.07) is 6.97. The number of benzene rings is 1. The van der Waals surface area contributed by atoms with E-state index in [1.165, 1.54) is 0 Å². The molecule has 0 bridgehead atoms. The van der Waals surface area contributed by atoms with Crippen molar-refractivity contribution in [1.82, 2.24) is 4.31 Å². The van der Waals surface area contributed by atoms with E-state index in [4.69, 9.17) is 18.0 Å². The predicted octanol–water partition coefficient (Wildman–Crippen LogP) is 2.47. The summed E-state index contributed by atoms with van der Waals surface area (Å²) in [4.78, 5) is 0.749. The number of nitrogens with two attached hydrogens (primary N) is 1. The summed E-state index contributed by atoms with van der Waals surface area (Å²) in [5.41, 5.74) is 6.44. The highest BCUT2D eigenvalue weighted by Gasteiger charge is 2.35. The highest BCUT2D eigenvalue weighted by atomic mass is 32.2. The number of thiocarbonyl (C=S) groups is 1. The van der Waals surface area contributed by atoms with Gasteiger partial charge in [0.15, 0.2) is 0 Å². The SMILES string of the molecule is CC1CCCC(C)N1S(=O)(=O)c1ccc(CC(N)=S)cc1. The molecule has 1 aliphatic rings. The van der Waals surface area contributed by atoms with Crippen molar-refractivity contribution in [3.8, 4) is 0 Å². The molecule has 1 aliphatic heterocycles. The van der Waals surface area contributed by atoms with Crippen LogP contribution in [0.4, 0.5) is 0 Å². The lowest BCUT2D eigenvalue weighted by atomic mass is 10.0. The molecule has 0 spiro atoms. The Balaban J connectivity index is 2.28. The topological polar surface area (TPSA) is 63.4 Å². The average Bonchev–Trinajstić information content (AvgIpc) is 2.38. The third kappa shape index (κ3) is 3.62. The first-order chi connectivity index (χ1) is 9.82.